The van der Waals surface area contributed by atoms with Crippen LogP contribution in [0.3, 0.4) is 0 Å². The van der Waals surface area contributed by atoms with E-state index in [-0.39, 0.29) is 24.6 Å². The number of unbranched alkanes of at least 4 members (excludes halogenated alkanes) is 5. The fourth-order valence-corrected chi connectivity index (χ4v) is 4.88. The largest absolute Gasteiger partial charge is 0.463 e. The summed E-state index contributed by atoms with van der Waals surface area (Å²) in [4.78, 5) is 25.8. The van der Waals surface area contributed by atoms with Gasteiger partial charge in [0.15, 0.2) is 0 Å². The highest BCUT2D eigenvalue weighted by Crippen LogP contribution is 2.44. The number of esters is 1. The molecule has 2 aromatic carbocycles. The number of carbonyl (C=O) groups is 2. The molecule has 1 aliphatic carbocycles. The topological polar surface area (TPSA) is 83.5 Å². The summed E-state index contributed by atoms with van der Waals surface area (Å²) in [6.07, 6.45) is 7.02. The number of hydrogen-bond acceptors (Lipinski definition) is 7. The molecule has 0 saturated carbocycles. The number of benzene rings is 2. The van der Waals surface area contributed by atoms with Crippen LogP contribution in [0.2, 0.25) is 0 Å². The zero-order chi connectivity index (χ0) is 29.1. The Bertz CT molecular complexity index is 998. The molecule has 3 rings (SSSR count). The Hall–Kier alpha value is -2.94. The monoisotopic (exact) mass is 569 g/mol. The molecule has 0 radical (unpaired) electrons. The predicted octanol–water partition coefficient (Wildman–Crippen LogP) is 6.21. The van der Waals surface area contributed by atoms with Gasteiger partial charge in [0.1, 0.15) is 13.2 Å². The standard InChI is InChI=1S/C33H47NO7/c1-3-4-5-6-7-8-17-32(35)40-25-24-39-23-22-38-21-20-37-19-18-34(2)33(36)41-26-31-29-15-11-9-13-27(29)28-14-10-12-16-30(28)31/h9-16,31H,3-8,17-26H2,1-2H3. The summed E-state index contributed by atoms with van der Waals surface area (Å²) in [5.74, 6) is -0.108. The second-order valence-corrected chi connectivity index (χ2v) is 10.3. The third kappa shape index (κ3) is 11.5. The molecule has 1 amide bonds. The molecule has 0 aliphatic heterocycles. The van der Waals surface area contributed by atoms with Crippen LogP contribution in [-0.4, -0.2) is 83.4 Å². The first-order valence-electron chi connectivity index (χ1n) is 15.1. The van der Waals surface area contributed by atoms with Gasteiger partial charge in [0.05, 0.1) is 39.6 Å². The van der Waals surface area contributed by atoms with Gasteiger partial charge in [-0.05, 0) is 28.7 Å². The third-order valence-corrected chi connectivity index (χ3v) is 7.19. The van der Waals surface area contributed by atoms with Crippen LogP contribution in [0.4, 0.5) is 4.79 Å². The molecule has 0 saturated heterocycles. The minimum atomic E-state index is -0.364. The summed E-state index contributed by atoms with van der Waals surface area (Å²) in [6.45, 7) is 5.69. The van der Waals surface area contributed by atoms with Gasteiger partial charge in [-0.2, -0.15) is 0 Å². The molecule has 8 heteroatoms. The van der Waals surface area contributed by atoms with Crippen molar-refractivity contribution in [3.05, 3.63) is 59.7 Å². The molecule has 0 fully saturated rings. The SMILES string of the molecule is CCCCCCCCC(=O)OCCOCCOCCOCCN(C)C(=O)OCC1c2ccccc2-c2ccccc21. The van der Waals surface area contributed by atoms with E-state index in [9.17, 15) is 9.59 Å². The number of hydrogen-bond donors (Lipinski definition) is 0. The minimum absolute atomic E-state index is 0.0436. The third-order valence-electron chi connectivity index (χ3n) is 7.19. The van der Waals surface area contributed by atoms with E-state index in [0.717, 1.165) is 12.8 Å². The molecule has 0 unspecified atom stereocenters. The Morgan fingerprint density at radius 2 is 1.22 bits per heavy atom. The van der Waals surface area contributed by atoms with Crippen molar-refractivity contribution < 1.29 is 33.3 Å². The molecule has 0 aromatic heterocycles. The Morgan fingerprint density at radius 3 is 1.85 bits per heavy atom. The van der Waals surface area contributed by atoms with Gasteiger partial charge in [0, 0.05) is 25.9 Å². The quantitative estimate of drug-likeness (QED) is 0.131. The molecule has 226 valence electrons. The van der Waals surface area contributed by atoms with E-state index in [1.807, 2.05) is 24.3 Å². The Morgan fingerprint density at radius 1 is 0.683 bits per heavy atom. The van der Waals surface area contributed by atoms with Crippen molar-refractivity contribution in [1.82, 2.24) is 4.90 Å². The van der Waals surface area contributed by atoms with Crippen molar-refractivity contribution in [2.45, 2.75) is 57.8 Å². The Kier molecular flexibility index (Phi) is 15.3. The summed E-state index contributed by atoms with van der Waals surface area (Å²) in [5, 5.41) is 0. The molecule has 2 aromatic rings. The Labute approximate surface area is 245 Å². The van der Waals surface area contributed by atoms with Gasteiger partial charge in [-0.25, -0.2) is 4.79 Å². The van der Waals surface area contributed by atoms with Crippen molar-refractivity contribution in [1.29, 1.82) is 0 Å². The second-order valence-electron chi connectivity index (χ2n) is 10.3. The van der Waals surface area contributed by atoms with Gasteiger partial charge in [-0.1, -0.05) is 87.6 Å². The van der Waals surface area contributed by atoms with Gasteiger partial charge in [-0.3, -0.25) is 4.79 Å². The van der Waals surface area contributed by atoms with Crippen molar-refractivity contribution in [3.63, 3.8) is 0 Å². The van der Waals surface area contributed by atoms with E-state index in [2.05, 4.69) is 31.2 Å². The van der Waals surface area contributed by atoms with Gasteiger partial charge >= 0.3 is 12.1 Å². The summed E-state index contributed by atoms with van der Waals surface area (Å²) >= 11 is 0. The van der Waals surface area contributed by atoms with E-state index in [0.29, 0.717) is 59.2 Å². The average Bonchev–Trinajstić information content (AvgIpc) is 3.31. The van der Waals surface area contributed by atoms with Gasteiger partial charge in [0.2, 0.25) is 0 Å². The minimum Gasteiger partial charge on any atom is -0.463 e. The maximum absolute atomic E-state index is 12.5. The van der Waals surface area contributed by atoms with Crippen LogP contribution in [0.25, 0.3) is 11.1 Å². The molecule has 8 nitrogen and oxygen atoms in total. The number of amides is 1. The molecular weight excluding hydrogens is 522 g/mol. The first kappa shape index (κ1) is 32.6. The summed E-state index contributed by atoms with van der Waals surface area (Å²) in [6, 6.07) is 16.6. The van der Waals surface area contributed by atoms with Crippen LogP contribution < -0.4 is 0 Å². The average molecular weight is 570 g/mol. The smallest absolute Gasteiger partial charge is 0.409 e. The fraction of sp³-hybridized carbons (Fsp3) is 0.576. The molecule has 1 aliphatic rings. The van der Waals surface area contributed by atoms with Crippen LogP contribution in [0, 0.1) is 0 Å². The number of fused-ring (bicyclic) bond motifs is 3. The summed E-state index contributed by atoms with van der Waals surface area (Å²) in [5.41, 5.74) is 4.80. The maximum atomic E-state index is 12.5. The van der Waals surface area contributed by atoms with Crippen LogP contribution in [0.1, 0.15) is 68.9 Å². The van der Waals surface area contributed by atoms with Crippen molar-refractivity contribution in [2.75, 3.05) is 66.4 Å². The van der Waals surface area contributed by atoms with Crippen LogP contribution >= 0.6 is 0 Å². The van der Waals surface area contributed by atoms with E-state index in [4.69, 9.17) is 23.7 Å². The van der Waals surface area contributed by atoms with Crippen LogP contribution in [-0.2, 0) is 28.5 Å². The van der Waals surface area contributed by atoms with Gasteiger partial charge in [0.25, 0.3) is 0 Å². The van der Waals surface area contributed by atoms with Crippen molar-refractivity contribution in [2.24, 2.45) is 0 Å². The van der Waals surface area contributed by atoms with E-state index in [1.54, 1.807) is 7.05 Å². The van der Waals surface area contributed by atoms with E-state index < -0.39 is 0 Å². The fourth-order valence-electron chi connectivity index (χ4n) is 4.88. The van der Waals surface area contributed by atoms with Crippen molar-refractivity contribution >= 4 is 12.1 Å². The number of nitrogens with zero attached hydrogens (tertiary/aromatic N) is 1. The number of rotatable bonds is 21. The van der Waals surface area contributed by atoms with Crippen LogP contribution in [0.5, 0.6) is 0 Å². The second kappa shape index (κ2) is 19.2. The highest BCUT2D eigenvalue weighted by molar-refractivity contribution is 5.79. The summed E-state index contributed by atoms with van der Waals surface area (Å²) in [7, 11) is 1.71. The van der Waals surface area contributed by atoms with E-state index >= 15 is 0 Å². The lowest BCUT2D eigenvalue weighted by molar-refractivity contribution is -0.145. The molecular formula is C33H47NO7. The first-order chi connectivity index (χ1) is 20.1. The predicted molar refractivity (Wildman–Crippen MR) is 159 cm³/mol. The lowest BCUT2D eigenvalue weighted by Crippen LogP contribution is -2.32. The molecule has 0 spiro atoms. The van der Waals surface area contributed by atoms with Crippen LogP contribution in [0.15, 0.2) is 48.5 Å². The first-order valence-corrected chi connectivity index (χ1v) is 15.1. The zero-order valence-corrected chi connectivity index (χ0v) is 24.8. The van der Waals surface area contributed by atoms with E-state index in [1.165, 1.54) is 52.8 Å². The highest BCUT2D eigenvalue weighted by Gasteiger charge is 2.29. The number of likely N-dealkylation sites (N-methyl/N-ethyl adjacent to an activating group) is 1. The highest BCUT2D eigenvalue weighted by atomic mass is 16.6. The molecule has 0 N–H and O–H groups in total. The number of ether oxygens (including phenoxy) is 5. The summed E-state index contributed by atoms with van der Waals surface area (Å²) < 4.78 is 27.4. The van der Waals surface area contributed by atoms with Gasteiger partial charge < -0.3 is 28.6 Å². The van der Waals surface area contributed by atoms with Gasteiger partial charge in [-0.15, -0.1) is 0 Å². The normalized spacial score (nSPS) is 12.1. The lowest BCUT2D eigenvalue weighted by atomic mass is 9.98. The maximum Gasteiger partial charge on any atom is 0.409 e. The zero-order valence-electron chi connectivity index (χ0n) is 24.8. The Balaban J connectivity index is 1.14. The molecule has 0 atom stereocenters. The van der Waals surface area contributed by atoms with Crippen molar-refractivity contribution in [3.8, 4) is 11.1 Å². The molecule has 0 bridgehead atoms. The molecule has 41 heavy (non-hydrogen) atoms. The lowest BCUT2D eigenvalue weighted by Gasteiger charge is -2.19. The number of carbonyl (C=O) groups excluding carboxylic acids is 2. The molecule has 0 heterocycles.